The summed E-state index contributed by atoms with van der Waals surface area (Å²) >= 11 is 6.16. The number of aryl methyl sites for hydroxylation is 1. The van der Waals surface area contributed by atoms with E-state index >= 15 is 0 Å². The van der Waals surface area contributed by atoms with Crippen LogP contribution in [-0.2, 0) is 9.53 Å². The van der Waals surface area contributed by atoms with Crippen LogP contribution in [0.5, 0.6) is 5.75 Å². The van der Waals surface area contributed by atoms with Gasteiger partial charge in [0, 0.05) is 5.02 Å². The van der Waals surface area contributed by atoms with E-state index in [1.807, 2.05) is 39.8 Å². The van der Waals surface area contributed by atoms with Crippen LogP contribution in [0.25, 0.3) is 0 Å². The Morgan fingerprint density at radius 2 is 1.90 bits per heavy atom. The summed E-state index contributed by atoms with van der Waals surface area (Å²) in [6, 6.07) is 3.86. The molecule has 0 N–H and O–H groups in total. The van der Waals surface area contributed by atoms with E-state index in [-0.39, 0.29) is 12.4 Å². The van der Waals surface area contributed by atoms with Gasteiger partial charge in [-0.05, 0) is 56.9 Å². The van der Waals surface area contributed by atoms with Gasteiger partial charge < -0.3 is 9.47 Å². The third kappa shape index (κ3) is 5.96. The highest BCUT2D eigenvalue weighted by Crippen LogP contribution is 2.32. The molecule has 0 aromatic heterocycles. The smallest absolute Gasteiger partial charge is 0.309 e. The molecule has 0 aliphatic rings. The summed E-state index contributed by atoms with van der Waals surface area (Å²) in [5, 5.41) is 0.734. The van der Waals surface area contributed by atoms with E-state index in [1.165, 1.54) is 0 Å². The van der Waals surface area contributed by atoms with E-state index in [4.69, 9.17) is 21.1 Å². The normalized spacial score (nSPS) is 11.6. The number of rotatable bonds is 5. The highest BCUT2D eigenvalue weighted by atomic mass is 35.5. The Kier molecular flexibility index (Phi) is 6.09. The molecule has 4 heteroatoms. The van der Waals surface area contributed by atoms with E-state index in [2.05, 4.69) is 13.8 Å². The van der Waals surface area contributed by atoms with Gasteiger partial charge in [0.25, 0.3) is 0 Å². The molecule has 0 spiro atoms. The molecule has 0 heterocycles. The van der Waals surface area contributed by atoms with E-state index in [1.54, 1.807) is 0 Å². The Labute approximate surface area is 132 Å². The third-order valence-corrected chi connectivity index (χ3v) is 3.30. The molecule has 0 aliphatic heterocycles. The number of ether oxygens (including phenoxy) is 2. The fraction of sp³-hybridized carbons (Fsp3) is 0.588. The average Bonchev–Trinajstić information content (AvgIpc) is 2.30. The molecule has 1 rings (SSSR count). The van der Waals surface area contributed by atoms with Crippen molar-refractivity contribution in [3.05, 3.63) is 28.3 Å². The van der Waals surface area contributed by atoms with Crippen LogP contribution >= 0.6 is 11.6 Å². The van der Waals surface area contributed by atoms with Crippen molar-refractivity contribution in [2.45, 2.75) is 59.5 Å². The molecule has 3 nitrogen and oxygen atoms in total. The maximum Gasteiger partial charge on any atom is 0.309 e. The van der Waals surface area contributed by atoms with Crippen LogP contribution in [-0.4, -0.2) is 18.2 Å². The zero-order valence-electron chi connectivity index (χ0n) is 13.7. The van der Waals surface area contributed by atoms with Crippen molar-refractivity contribution < 1.29 is 14.3 Å². The second-order valence-electron chi connectivity index (χ2n) is 6.48. The number of halogens is 1. The van der Waals surface area contributed by atoms with E-state index in [0.29, 0.717) is 12.5 Å². The average molecular weight is 313 g/mol. The van der Waals surface area contributed by atoms with Crippen LogP contribution in [0.4, 0.5) is 0 Å². The topological polar surface area (TPSA) is 35.5 Å². The number of hydrogen-bond donors (Lipinski definition) is 0. The maximum atomic E-state index is 11.7. The van der Waals surface area contributed by atoms with Crippen LogP contribution in [0.3, 0.4) is 0 Å². The molecule has 0 amide bonds. The summed E-state index contributed by atoms with van der Waals surface area (Å²) in [6.45, 7) is 12.0. The van der Waals surface area contributed by atoms with Crippen LogP contribution in [0, 0.1) is 6.92 Å². The van der Waals surface area contributed by atoms with Crippen molar-refractivity contribution in [3.8, 4) is 5.75 Å². The zero-order chi connectivity index (χ0) is 16.2. The van der Waals surface area contributed by atoms with Gasteiger partial charge in [0.1, 0.15) is 11.4 Å². The lowest BCUT2D eigenvalue weighted by Gasteiger charge is -2.20. The largest absolute Gasteiger partial charge is 0.493 e. The Hall–Kier alpha value is -1.22. The van der Waals surface area contributed by atoms with Crippen molar-refractivity contribution in [1.82, 2.24) is 0 Å². The quantitative estimate of drug-likeness (QED) is 0.727. The first-order chi connectivity index (χ1) is 9.60. The molecular weight excluding hydrogens is 288 g/mol. The molecule has 0 radical (unpaired) electrons. The first kappa shape index (κ1) is 17.8. The van der Waals surface area contributed by atoms with Gasteiger partial charge in [-0.25, -0.2) is 0 Å². The van der Waals surface area contributed by atoms with Gasteiger partial charge in [-0.3, -0.25) is 4.79 Å². The Bertz CT molecular complexity index is 501. The molecule has 0 bridgehead atoms. The molecule has 1 aromatic carbocycles. The fourth-order valence-corrected chi connectivity index (χ4v) is 2.06. The first-order valence-electron chi connectivity index (χ1n) is 7.25. The highest BCUT2D eigenvalue weighted by Gasteiger charge is 2.17. The van der Waals surface area contributed by atoms with Gasteiger partial charge in [-0.2, -0.15) is 0 Å². The molecule has 0 unspecified atom stereocenters. The second kappa shape index (κ2) is 7.17. The number of carbonyl (C=O) groups is 1. The number of benzene rings is 1. The highest BCUT2D eigenvalue weighted by molar-refractivity contribution is 6.31. The van der Waals surface area contributed by atoms with Gasteiger partial charge in [-0.1, -0.05) is 25.4 Å². The first-order valence-corrected chi connectivity index (χ1v) is 7.62. The lowest BCUT2D eigenvalue weighted by Crippen LogP contribution is -2.24. The Morgan fingerprint density at radius 1 is 1.29 bits per heavy atom. The summed E-state index contributed by atoms with van der Waals surface area (Å²) in [7, 11) is 0. The monoisotopic (exact) mass is 312 g/mol. The summed E-state index contributed by atoms with van der Waals surface area (Å²) < 4.78 is 11.0. The summed E-state index contributed by atoms with van der Waals surface area (Å²) in [5.74, 6) is 0.842. The summed E-state index contributed by atoms with van der Waals surface area (Å²) in [4.78, 5) is 11.7. The third-order valence-electron chi connectivity index (χ3n) is 2.90. The van der Waals surface area contributed by atoms with Gasteiger partial charge in [0.05, 0.1) is 13.0 Å². The standard InChI is InChI=1S/C17H25ClO3/c1-11(2)13-10-14(18)12(3)9-15(13)20-8-7-16(19)21-17(4,5)6/h9-11H,7-8H2,1-6H3. The molecule has 0 atom stereocenters. The molecule has 0 saturated heterocycles. The van der Waals surface area contributed by atoms with E-state index in [0.717, 1.165) is 21.9 Å². The van der Waals surface area contributed by atoms with Crippen molar-refractivity contribution in [3.63, 3.8) is 0 Å². The van der Waals surface area contributed by atoms with Crippen molar-refractivity contribution >= 4 is 17.6 Å². The lowest BCUT2D eigenvalue weighted by molar-refractivity contribution is -0.155. The van der Waals surface area contributed by atoms with E-state index < -0.39 is 5.60 Å². The minimum atomic E-state index is -0.461. The number of carbonyl (C=O) groups excluding carboxylic acids is 1. The predicted molar refractivity (Wildman–Crippen MR) is 86.2 cm³/mol. The SMILES string of the molecule is Cc1cc(OCCC(=O)OC(C)(C)C)c(C(C)C)cc1Cl. The fourth-order valence-electron chi connectivity index (χ4n) is 1.88. The maximum absolute atomic E-state index is 11.7. The second-order valence-corrected chi connectivity index (χ2v) is 6.89. The van der Waals surface area contributed by atoms with Crippen molar-refractivity contribution in [1.29, 1.82) is 0 Å². The van der Waals surface area contributed by atoms with Crippen molar-refractivity contribution in [2.24, 2.45) is 0 Å². The lowest BCUT2D eigenvalue weighted by atomic mass is 10.0. The van der Waals surface area contributed by atoms with Crippen LogP contribution in [0.1, 0.15) is 58.1 Å². The molecule has 21 heavy (non-hydrogen) atoms. The summed E-state index contributed by atoms with van der Waals surface area (Å²) in [5.41, 5.74) is 1.56. The van der Waals surface area contributed by atoms with Crippen LogP contribution in [0.15, 0.2) is 12.1 Å². The molecular formula is C17H25ClO3. The van der Waals surface area contributed by atoms with Gasteiger partial charge in [-0.15, -0.1) is 0 Å². The van der Waals surface area contributed by atoms with Gasteiger partial charge in [0.2, 0.25) is 0 Å². The number of hydrogen-bond acceptors (Lipinski definition) is 3. The molecule has 0 fully saturated rings. The van der Waals surface area contributed by atoms with Gasteiger partial charge >= 0.3 is 5.97 Å². The Morgan fingerprint density at radius 3 is 2.43 bits per heavy atom. The number of esters is 1. The molecule has 1 aromatic rings. The molecule has 0 saturated carbocycles. The summed E-state index contributed by atoms with van der Waals surface area (Å²) in [6.07, 6.45) is 0.233. The van der Waals surface area contributed by atoms with Gasteiger partial charge in [0.15, 0.2) is 0 Å². The Balaban J connectivity index is 2.67. The minimum absolute atomic E-state index is 0.233. The van der Waals surface area contributed by atoms with Crippen LogP contribution < -0.4 is 4.74 Å². The van der Waals surface area contributed by atoms with E-state index in [9.17, 15) is 4.79 Å². The molecule has 0 aliphatic carbocycles. The zero-order valence-corrected chi connectivity index (χ0v) is 14.5. The minimum Gasteiger partial charge on any atom is -0.493 e. The predicted octanol–water partition coefficient (Wildman–Crippen LogP) is 4.88. The van der Waals surface area contributed by atoms with Crippen molar-refractivity contribution in [2.75, 3.05) is 6.61 Å². The molecule has 118 valence electrons. The van der Waals surface area contributed by atoms with Crippen LogP contribution in [0.2, 0.25) is 5.02 Å².